The smallest absolute Gasteiger partial charge is 0.220 e. The number of nitrogens with one attached hydrogen (secondary N) is 1. The molecule has 1 aliphatic heterocycles. The van der Waals surface area contributed by atoms with Crippen LogP contribution in [-0.2, 0) is 11.2 Å². The Morgan fingerprint density at radius 1 is 1.37 bits per heavy atom. The molecule has 0 unspecified atom stereocenters. The summed E-state index contributed by atoms with van der Waals surface area (Å²) in [6, 6.07) is 3.88. The third-order valence-electron chi connectivity index (χ3n) is 3.40. The fraction of sp³-hybridized carbons (Fsp3) is 0.643. The highest BCUT2D eigenvalue weighted by Crippen LogP contribution is 2.22. The standard InChI is InChI=1S/C14H21ClN2OS/c15-13-6-4-12(19-13)5-7-14(18)16-8-3-11-17-9-1-2-10-17/h4,6H,1-3,5,7-11H2,(H,16,18). The lowest BCUT2D eigenvalue weighted by Gasteiger charge is -2.14. The number of rotatable bonds is 7. The molecule has 1 aliphatic rings. The number of nitrogens with zero attached hydrogens (tertiary/aromatic N) is 1. The van der Waals surface area contributed by atoms with Gasteiger partial charge in [0.15, 0.2) is 0 Å². The lowest BCUT2D eigenvalue weighted by Crippen LogP contribution is -2.28. The first kappa shape index (κ1) is 14.8. The number of carbonyl (C=O) groups excluding carboxylic acids is 1. The van der Waals surface area contributed by atoms with Gasteiger partial charge in [0.05, 0.1) is 4.34 Å². The number of carbonyl (C=O) groups is 1. The molecule has 0 saturated carbocycles. The summed E-state index contributed by atoms with van der Waals surface area (Å²) in [5.41, 5.74) is 0. The SMILES string of the molecule is O=C(CCc1ccc(Cl)s1)NCCCN1CCCC1. The highest BCUT2D eigenvalue weighted by atomic mass is 35.5. The van der Waals surface area contributed by atoms with Crippen LogP contribution in [0, 0.1) is 0 Å². The summed E-state index contributed by atoms with van der Waals surface area (Å²) >= 11 is 7.41. The average molecular weight is 301 g/mol. The van der Waals surface area contributed by atoms with Crippen LogP contribution in [0.25, 0.3) is 0 Å². The number of amides is 1. The first-order valence-corrected chi connectivity index (χ1v) is 8.17. The van der Waals surface area contributed by atoms with Crippen molar-refractivity contribution in [3.63, 3.8) is 0 Å². The molecular weight excluding hydrogens is 280 g/mol. The molecule has 0 radical (unpaired) electrons. The summed E-state index contributed by atoms with van der Waals surface area (Å²) in [4.78, 5) is 15.3. The first-order valence-electron chi connectivity index (χ1n) is 6.97. The van der Waals surface area contributed by atoms with Gasteiger partial charge in [0.1, 0.15) is 0 Å². The number of thiophene rings is 1. The molecule has 0 atom stereocenters. The first-order chi connectivity index (χ1) is 9.24. The summed E-state index contributed by atoms with van der Waals surface area (Å²) in [6.07, 6.45) is 5.05. The van der Waals surface area contributed by atoms with Crippen LogP contribution in [0.15, 0.2) is 12.1 Å². The third kappa shape index (κ3) is 5.51. The second-order valence-electron chi connectivity index (χ2n) is 4.96. The molecule has 0 aromatic carbocycles. The third-order valence-corrected chi connectivity index (χ3v) is 4.69. The Bertz CT molecular complexity index is 402. The number of hydrogen-bond acceptors (Lipinski definition) is 3. The van der Waals surface area contributed by atoms with Crippen LogP contribution in [0.3, 0.4) is 0 Å². The van der Waals surface area contributed by atoms with Gasteiger partial charge in [0.25, 0.3) is 0 Å². The molecule has 1 aromatic rings. The van der Waals surface area contributed by atoms with E-state index in [1.54, 1.807) is 11.3 Å². The van der Waals surface area contributed by atoms with Crippen LogP contribution < -0.4 is 5.32 Å². The summed E-state index contributed by atoms with van der Waals surface area (Å²) in [5.74, 6) is 0.144. The molecule has 1 saturated heterocycles. The molecule has 1 N–H and O–H groups in total. The van der Waals surface area contributed by atoms with E-state index in [1.165, 1.54) is 30.8 Å². The molecule has 19 heavy (non-hydrogen) atoms. The van der Waals surface area contributed by atoms with E-state index in [4.69, 9.17) is 11.6 Å². The predicted octanol–water partition coefficient (Wildman–Crippen LogP) is 2.94. The molecule has 0 aliphatic carbocycles. The maximum atomic E-state index is 11.7. The quantitative estimate of drug-likeness (QED) is 0.785. The zero-order valence-electron chi connectivity index (χ0n) is 11.2. The van der Waals surface area contributed by atoms with Crippen molar-refractivity contribution >= 4 is 28.8 Å². The monoisotopic (exact) mass is 300 g/mol. The number of hydrogen-bond donors (Lipinski definition) is 1. The highest BCUT2D eigenvalue weighted by Gasteiger charge is 2.10. The van der Waals surface area contributed by atoms with Crippen LogP contribution in [0.5, 0.6) is 0 Å². The van der Waals surface area contributed by atoms with Crippen molar-refractivity contribution in [2.45, 2.75) is 32.1 Å². The molecule has 1 fully saturated rings. The molecule has 2 heterocycles. The molecule has 1 amide bonds. The maximum Gasteiger partial charge on any atom is 0.220 e. The fourth-order valence-corrected chi connectivity index (χ4v) is 3.43. The second kappa shape index (κ2) is 7.88. The zero-order chi connectivity index (χ0) is 13.5. The summed E-state index contributed by atoms with van der Waals surface area (Å²) in [5, 5.41) is 2.99. The molecule has 0 bridgehead atoms. The average Bonchev–Trinajstić information content (AvgIpc) is 3.03. The normalized spacial score (nSPS) is 15.8. The van der Waals surface area contributed by atoms with E-state index >= 15 is 0 Å². The van der Waals surface area contributed by atoms with Crippen LogP contribution in [0.4, 0.5) is 0 Å². The number of halogens is 1. The van der Waals surface area contributed by atoms with E-state index in [0.29, 0.717) is 6.42 Å². The topological polar surface area (TPSA) is 32.3 Å². The van der Waals surface area contributed by atoms with E-state index in [1.807, 2.05) is 12.1 Å². The van der Waals surface area contributed by atoms with Crippen molar-refractivity contribution in [3.05, 3.63) is 21.3 Å². The predicted molar refractivity (Wildman–Crippen MR) is 81.0 cm³/mol. The van der Waals surface area contributed by atoms with Crippen LogP contribution >= 0.6 is 22.9 Å². The Morgan fingerprint density at radius 2 is 2.16 bits per heavy atom. The van der Waals surface area contributed by atoms with Gasteiger partial charge in [-0.15, -0.1) is 11.3 Å². The lowest BCUT2D eigenvalue weighted by molar-refractivity contribution is -0.121. The minimum absolute atomic E-state index is 0.144. The fourth-order valence-electron chi connectivity index (χ4n) is 2.35. The van der Waals surface area contributed by atoms with Gasteiger partial charge in [0.2, 0.25) is 5.91 Å². The largest absolute Gasteiger partial charge is 0.356 e. The molecule has 1 aromatic heterocycles. The summed E-state index contributed by atoms with van der Waals surface area (Å²) in [6.45, 7) is 4.36. The molecule has 5 heteroatoms. The van der Waals surface area contributed by atoms with Gasteiger partial charge in [-0.25, -0.2) is 0 Å². The summed E-state index contributed by atoms with van der Waals surface area (Å²) < 4.78 is 0.793. The molecule has 0 spiro atoms. The minimum Gasteiger partial charge on any atom is -0.356 e. The van der Waals surface area contributed by atoms with Gasteiger partial charge in [-0.1, -0.05) is 11.6 Å². The Labute approximate surface area is 123 Å². The van der Waals surface area contributed by atoms with Crippen molar-refractivity contribution < 1.29 is 4.79 Å². The number of aryl methyl sites for hydroxylation is 1. The molecular formula is C14H21ClN2OS. The van der Waals surface area contributed by atoms with Gasteiger partial charge in [-0.2, -0.15) is 0 Å². The highest BCUT2D eigenvalue weighted by molar-refractivity contribution is 7.16. The maximum absolute atomic E-state index is 11.7. The second-order valence-corrected chi connectivity index (χ2v) is 6.76. The molecule has 3 nitrogen and oxygen atoms in total. The van der Waals surface area contributed by atoms with E-state index in [9.17, 15) is 4.79 Å². The van der Waals surface area contributed by atoms with Crippen molar-refractivity contribution in [3.8, 4) is 0 Å². The Morgan fingerprint density at radius 3 is 2.84 bits per heavy atom. The Balaban J connectivity index is 1.52. The number of likely N-dealkylation sites (tertiary alicyclic amines) is 1. The van der Waals surface area contributed by atoms with Crippen molar-refractivity contribution in [2.75, 3.05) is 26.2 Å². The Hall–Kier alpha value is -0.580. The lowest BCUT2D eigenvalue weighted by atomic mass is 10.2. The van der Waals surface area contributed by atoms with Crippen LogP contribution in [0.2, 0.25) is 4.34 Å². The van der Waals surface area contributed by atoms with Gasteiger partial charge in [-0.3, -0.25) is 4.79 Å². The van der Waals surface area contributed by atoms with E-state index in [2.05, 4.69) is 10.2 Å². The van der Waals surface area contributed by atoms with Gasteiger partial charge in [-0.05, 0) is 57.5 Å². The van der Waals surface area contributed by atoms with Gasteiger partial charge in [0, 0.05) is 17.8 Å². The molecule has 2 rings (SSSR count). The van der Waals surface area contributed by atoms with Crippen LogP contribution in [0.1, 0.15) is 30.6 Å². The Kier molecular flexibility index (Phi) is 6.14. The molecule has 106 valence electrons. The van der Waals surface area contributed by atoms with Crippen LogP contribution in [-0.4, -0.2) is 37.0 Å². The van der Waals surface area contributed by atoms with E-state index in [0.717, 1.165) is 30.3 Å². The van der Waals surface area contributed by atoms with E-state index in [-0.39, 0.29) is 5.91 Å². The summed E-state index contributed by atoms with van der Waals surface area (Å²) in [7, 11) is 0. The van der Waals surface area contributed by atoms with Crippen molar-refractivity contribution in [1.29, 1.82) is 0 Å². The van der Waals surface area contributed by atoms with Gasteiger partial charge >= 0.3 is 0 Å². The minimum atomic E-state index is 0.144. The van der Waals surface area contributed by atoms with E-state index < -0.39 is 0 Å². The zero-order valence-corrected chi connectivity index (χ0v) is 12.7. The van der Waals surface area contributed by atoms with Crippen molar-refractivity contribution in [2.24, 2.45) is 0 Å². The van der Waals surface area contributed by atoms with Gasteiger partial charge < -0.3 is 10.2 Å². The van der Waals surface area contributed by atoms with Crippen molar-refractivity contribution in [1.82, 2.24) is 10.2 Å².